The molecule has 4 nitrogen and oxygen atoms in total. The summed E-state index contributed by atoms with van der Waals surface area (Å²) in [6.45, 7) is 0.567. The molecule has 0 saturated heterocycles. The third-order valence-corrected chi connectivity index (χ3v) is 3.81. The number of para-hydroxylation sites is 1. The summed E-state index contributed by atoms with van der Waals surface area (Å²) in [5.41, 5.74) is 4.90. The van der Waals surface area contributed by atoms with E-state index in [1.54, 1.807) is 0 Å². The quantitative estimate of drug-likeness (QED) is 0.754. The lowest BCUT2D eigenvalue weighted by Crippen LogP contribution is -2.40. The second-order valence-corrected chi connectivity index (χ2v) is 5.35. The Balaban J connectivity index is 1.90. The van der Waals surface area contributed by atoms with Gasteiger partial charge in [-0.25, -0.2) is 0 Å². The lowest BCUT2D eigenvalue weighted by atomic mass is 9.79. The number of hydrogen-bond donors (Lipinski definition) is 2. The van der Waals surface area contributed by atoms with Crippen molar-refractivity contribution in [3.05, 3.63) is 30.3 Å². The van der Waals surface area contributed by atoms with Crippen LogP contribution in [0.1, 0.15) is 25.7 Å². The molecule has 1 saturated carbocycles. The van der Waals surface area contributed by atoms with Crippen LogP contribution in [0, 0.1) is 11.3 Å². The first-order valence-corrected chi connectivity index (χ1v) is 6.77. The van der Waals surface area contributed by atoms with E-state index in [2.05, 4.69) is 0 Å². The van der Waals surface area contributed by atoms with Crippen LogP contribution in [-0.4, -0.2) is 24.2 Å². The largest absolute Gasteiger partial charge is 0.494 e. The molecular weight excluding hydrogens is 242 g/mol. The number of carboxylic acid groups (broad SMARTS) is 1. The number of rotatable bonds is 8. The summed E-state index contributed by atoms with van der Waals surface area (Å²) in [6, 6.07) is 9.44. The highest BCUT2D eigenvalue weighted by Crippen LogP contribution is 2.42. The Labute approximate surface area is 113 Å². The zero-order valence-electron chi connectivity index (χ0n) is 11.0. The standard InChI is InChI=1S/C15H21NO3/c16-11-15(14(17)18,10-12-6-7-12)8-9-19-13-4-2-1-3-5-13/h1-5,12H,6-11,16H2,(H,17,18). The van der Waals surface area contributed by atoms with Crippen molar-refractivity contribution in [2.75, 3.05) is 13.2 Å². The highest BCUT2D eigenvalue weighted by atomic mass is 16.5. The van der Waals surface area contributed by atoms with Crippen molar-refractivity contribution in [1.82, 2.24) is 0 Å². The van der Waals surface area contributed by atoms with Gasteiger partial charge in [0.25, 0.3) is 0 Å². The fourth-order valence-corrected chi connectivity index (χ4v) is 2.32. The molecule has 1 aromatic carbocycles. The van der Waals surface area contributed by atoms with Gasteiger partial charge in [0, 0.05) is 6.54 Å². The molecule has 4 heteroatoms. The SMILES string of the molecule is NCC(CCOc1ccccc1)(CC1CC1)C(=O)O. The molecule has 0 aromatic heterocycles. The van der Waals surface area contributed by atoms with Crippen molar-refractivity contribution >= 4 is 5.97 Å². The van der Waals surface area contributed by atoms with Gasteiger partial charge in [-0.15, -0.1) is 0 Å². The van der Waals surface area contributed by atoms with Crippen molar-refractivity contribution in [1.29, 1.82) is 0 Å². The van der Waals surface area contributed by atoms with E-state index in [1.165, 1.54) is 0 Å². The Kier molecular flexibility index (Phi) is 4.43. The Morgan fingerprint density at radius 2 is 2.05 bits per heavy atom. The molecule has 0 amide bonds. The monoisotopic (exact) mass is 263 g/mol. The molecule has 0 radical (unpaired) electrons. The maximum absolute atomic E-state index is 11.5. The number of carbonyl (C=O) groups is 1. The van der Waals surface area contributed by atoms with Gasteiger partial charge in [-0.1, -0.05) is 31.0 Å². The third kappa shape index (κ3) is 3.70. The topological polar surface area (TPSA) is 72.5 Å². The summed E-state index contributed by atoms with van der Waals surface area (Å²) in [4.78, 5) is 11.5. The summed E-state index contributed by atoms with van der Waals surface area (Å²) in [6.07, 6.45) is 3.41. The Morgan fingerprint density at radius 1 is 1.37 bits per heavy atom. The minimum absolute atomic E-state index is 0.178. The van der Waals surface area contributed by atoms with Crippen LogP contribution in [0.25, 0.3) is 0 Å². The lowest BCUT2D eigenvalue weighted by Gasteiger charge is -2.27. The van der Waals surface area contributed by atoms with Crippen LogP contribution >= 0.6 is 0 Å². The van der Waals surface area contributed by atoms with E-state index >= 15 is 0 Å². The van der Waals surface area contributed by atoms with Crippen molar-refractivity contribution in [2.24, 2.45) is 17.1 Å². The molecule has 0 heterocycles. The molecule has 1 aliphatic carbocycles. The number of benzene rings is 1. The average Bonchev–Trinajstić information content (AvgIpc) is 3.22. The molecule has 1 aromatic rings. The number of ether oxygens (including phenoxy) is 1. The van der Waals surface area contributed by atoms with E-state index in [0.29, 0.717) is 25.4 Å². The van der Waals surface area contributed by atoms with Crippen molar-refractivity contribution in [2.45, 2.75) is 25.7 Å². The van der Waals surface area contributed by atoms with Gasteiger partial charge in [0.15, 0.2) is 0 Å². The molecule has 104 valence electrons. The minimum Gasteiger partial charge on any atom is -0.494 e. The summed E-state index contributed by atoms with van der Waals surface area (Å²) < 4.78 is 5.60. The number of aliphatic carboxylic acids is 1. The summed E-state index contributed by atoms with van der Waals surface area (Å²) in [5.74, 6) is 0.514. The summed E-state index contributed by atoms with van der Waals surface area (Å²) >= 11 is 0. The Hall–Kier alpha value is -1.55. The second kappa shape index (κ2) is 6.06. The van der Waals surface area contributed by atoms with E-state index in [0.717, 1.165) is 18.6 Å². The van der Waals surface area contributed by atoms with Crippen LogP contribution in [-0.2, 0) is 4.79 Å². The molecule has 3 N–H and O–H groups in total. The van der Waals surface area contributed by atoms with Gasteiger partial charge in [0.05, 0.1) is 12.0 Å². The number of carboxylic acids is 1. The molecule has 0 bridgehead atoms. The van der Waals surface area contributed by atoms with Gasteiger partial charge >= 0.3 is 5.97 Å². The fraction of sp³-hybridized carbons (Fsp3) is 0.533. The molecule has 0 aliphatic heterocycles. The highest BCUT2D eigenvalue weighted by Gasteiger charge is 2.42. The number of nitrogens with two attached hydrogens (primary N) is 1. The molecule has 1 aliphatic rings. The smallest absolute Gasteiger partial charge is 0.311 e. The van der Waals surface area contributed by atoms with Gasteiger partial charge in [0.1, 0.15) is 5.75 Å². The molecule has 1 fully saturated rings. The Bertz CT molecular complexity index is 417. The first-order chi connectivity index (χ1) is 9.16. The van der Waals surface area contributed by atoms with Crippen LogP contribution in [0.3, 0.4) is 0 Å². The van der Waals surface area contributed by atoms with Crippen LogP contribution in [0.2, 0.25) is 0 Å². The summed E-state index contributed by atoms with van der Waals surface area (Å²) in [5, 5.41) is 9.46. The summed E-state index contributed by atoms with van der Waals surface area (Å²) in [7, 11) is 0. The molecule has 1 atom stereocenters. The fourth-order valence-electron chi connectivity index (χ4n) is 2.32. The third-order valence-electron chi connectivity index (χ3n) is 3.81. The molecule has 19 heavy (non-hydrogen) atoms. The van der Waals surface area contributed by atoms with Crippen LogP contribution < -0.4 is 10.5 Å². The van der Waals surface area contributed by atoms with Gasteiger partial charge in [0.2, 0.25) is 0 Å². The maximum atomic E-state index is 11.5. The van der Waals surface area contributed by atoms with E-state index in [-0.39, 0.29) is 6.54 Å². The second-order valence-electron chi connectivity index (χ2n) is 5.35. The van der Waals surface area contributed by atoms with Gasteiger partial charge < -0.3 is 15.6 Å². The predicted octanol–water partition coefficient (Wildman–Crippen LogP) is 2.29. The maximum Gasteiger partial charge on any atom is 0.311 e. The van der Waals surface area contributed by atoms with E-state index in [9.17, 15) is 9.90 Å². The van der Waals surface area contributed by atoms with Gasteiger partial charge in [-0.05, 0) is 30.9 Å². The van der Waals surface area contributed by atoms with Gasteiger partial charge in [-0.2, -0.15) is 0 Å². The molecule has 2 rings (SSSR count). The minimum atomic E-state index is -0.823. The van der Waals surface area contributed by atoms with Crippen LogP contribution in [0.4, 0.5) is 0 Å². The van der Waals surface area contributed by atoms with Crippen LogP contribution in [0.5, 0.6) is 5.75 Å². The van der Waals surface area contributed by atoms with Crippen molar-refractivity contribution in [3.63, 3.8) is 0 Å². The van der Waals surface area contributed by atoms with E-state index < -0.39 is 11.4 Å². The number of hydrogen-bond acceptors (Lipinski definition) is 3. The highest BCUT2D eigenvalue weighted by molar-refractivity contribution is 5.75. The lowest BCUT2D eigenvalue weighted by molar-refractivity contribution is -0.150. The van der Waals surface area contributed by atoms with Crippen molar-refractivity contribution < 1.29 is 14.6 Å². The van der Waals surface area contributed by atoms with Crippen LogP contribution in [0.15, 0.2) is 30.3 Å². The first kappa shape index (κ1) is 13.9. The molecule has 1 unspecified atom stereocenters. The van der Waals surface area contributed by atoms with E-state index in [1.807, 2.05) is 30.3 Å². The van der Waals surface area contributed by atoms with E-state index in [4.69, 9.17) is 10.5 Å². The zero-order valence-corrected chi connectivity index (χ0v) is 11.0. The average molecular weight is 263 g/mol. The predicted molar refractivity (Wildman–Crippen MR) is 73.0 cm³/mol. The van der Waals surface area contributed by atoms with Crippen molar-refractivity contribution in [3.8, 4) is 5.75 Å². The van der Waals surface area contributed by atoms with Gasteiger partial charge in [-0.3, -0.25) is 4.79 Å². The first-order valence-electron chi connectivity index (χ1n) is 6.77. The Morgan fingerprint density at radius 3 is 2.58 bits per heavy atom. The zero-order chi connectivity index (χ0) is 13.7. The normalized spacial score (nSPS) is 17.7. The molecule has 0 spiro atoms. The molecular formula is C15H21NO3.